The summed E-state index contributed by atoms with van der Waals surface area (Å²) in [6, 6.07) is 7.11. The number of amides is 2. The van der Waals surface area contributed by atoms with Crippen molar-refractivity contribution in [3.05, 3.63) is 29.8 Å². The number of hydrogen-bond acceptors (Lipinski definition) is 5. The molecular formula is C18H27N3O4S. The largest absolute Gasteiger partial charge is 0.379 e. The number of urea groups is 1. The Labute approximate surface area is 155 Å². The monoisotopic (exact) mass is 381 g/mol. The number of morpholine rings is 1. The van der Waals surface area contributed by atoms with Gasteiger partial charge in [-0.3, -0.25) is 4.90 Å². The molecule has 0 saturated carbocycles. The zero-order chi connectivity index (χ0) is 18.6. The van der Waals surface area contributed by atoms with Crippen LogP contribution >= 0.6 is 0 Å². The van der Waals surface area contributed by atoms with E-state index in [1.165, 1.54) is 0 Å². The van der Waals surface area contributed by atoms with Crippen LogP contribution in [0.3, 0.4) is 0 Å². The van der Waals surface area contributed by atoms with Gasteiger partial charge in [0.1, 0.15) is 0 Å². The molecule has 0 spiro atoms. The first-order valence-corrected chi connectivity index (χ1v) is 10.9. The SMILES string of the molecule is Cc1ccc(NC(=O)N(CCN2CCOCC2)[C@H]2CCS(=O)(=O)C2)cc1. The molecule has 0 unspecified atom stereocenters. The number of benzene rings is 1. The number of ether oxygens (including phenoxy) is 1. The standard InChI is InChI=1S/C18H27N3O4S/c1-15-2-4-16(5-3-15)19-18(22)21(17-6-13-26(23,24)14-17)8-7-20-9-11-25-12-10-20/h2-5,17H,6-14H2,1H3,(H,19,22)/t17-/m0/s1. The van der Waals surface area contributed by atoms with Crippen LogP contribution in [0.1, 0.15) is 12.0 Å². The van der Waals surface area contributed by atoms with Gasteiger partial charge in [-0.15, -0.1) is 0 Å². The maximum Gasteiger partial charge on any atom is 0.322 e. The molecule has 0 radical (unpaired) electrons. The summed E-state index contributed by atoms with van der Waals surface area (Å²) in [5.41, 5.74) is 1.84. The van der Waals surface area contributed by atoms with Crippen molar-refractivity contribution in [2.45, 2.75) is 19.4 Å². The molecule has 144 valence electrons. The smallest absolute Gasteiger partial charge is 0.322 e. The van der Waals surface area contributed by atoms with Crippen LogP contribution < -0.4 is 5.32 Å². The summed E-state index contributed by atoms with van der Waals surface area (Å²) in [6.07, 6.45) is 0.507. The minimum atomic E-state index is -3.05. The summed E-state index contributed by atoms with van der Waals surface area (Å²) in [5.74, 6) is 0.209. The number of aryl methyl sites for hydroxylation is 1. The van der Waals surface area contributed by atoms with E-state index < -0.39 is 9.84 Å². The fraction of sp³-hybridized carbons (Fsp3) is 0.611. The Kier molecular flexibility index (Phi) is 6.16. The number of hydrogen-bond donors (Lipinski definition) is 1. The highest BCUT2D eigenvalue weighted by molar-refractivity contribution is 7.91. The quantitative estimate of drug-likeness (QED) is 0.833. The van der Waals surface area contributed by atoms with Gasteiger partial charge in [0.15, 0.2) is 9.84 Å². The van der Waals surface area contributed by atoms with Gasteiger partial charge in [0.2, 0.25) is 0 Å². The Morgan fingerprint density at radius 1 is 1.27 bits per heavy atom. The number of carbonyl (C=O) groups excluding carboxylic acids is 1. The fourth-order valence-corrected chi connectivity index (χ4v) is 5.11. The van der Waals surface area contributed by atoms with Crippen molar-refractivity contribution in [3.8, 4) is 0 Å². The van der Waals surface area contributed by atoms with Crippen LogP contribution in [0.2, 0.25) is 0 Å². The van der Waals surface area contributed by atoms with Gasteiger partial charge in [-0.2, -0.15) is 0 Å². The predicted octanol–water partition coefficient (Wildman–Crippen LogP) is 1.35. The van der Waals surface area contributed by atoms with E-state index in [0.29, 0.717) is 26.2 Å². The van der Waals surface area contributed by atoms with Crippen molar-refractivity contribution in [1.82, 2.24) is 9.80 Å². The molecule has 3 rings (SSSR count). The lowest BCUT2D eigenvalue weighted by Gasteiger charge is -2.32. The van der Waals surface area contributed by atoms with Crippen LogP contribution in [0.4, 0.5) is 10.5 Å². The second-order valence-corrected chi connectivity index (χ2v) is 9.23. The molecule has 2 aliphatic rings. The highest BCUT2D eigenvalue weighted by Gasteiger charge is 2.34. The van der Waals surface area contributed by atoms with E-state index in [-0.39, 0.29) is 23.6 Å². The van der Waals surface area contributed by atoms with E-state index in [1.807, 2.05) is 31.2 Å². The Morgan fingerprint density at radius 3 is 2.58 bits per heavy atom. The number of anilines is 1. The predicted molar refractivity (Wildman–Crippen MR) is 101 cm³/mol. The van der Waals surface area contributed by atoms with Gasteiger partial charge in [-0.25, -0.2) is 13.2 Å². The number of carbonyl (C=O) groups is 1. The van der Waals surface area contributed by atoms with Crippen LogP contribution in [0.15, 0.2) is 24.3 Å². The lowest BCUT2D eigenvalue weighted by Crippen LogP contribution is -2.48. The summed E-state index contributed by atoms with van der Waals surface area (Å²) in [4.78, 5) is 16.8. The van der Waals surface area contributed by atoms with Crippen LogP contribution in [0.5, 0.6) is 0 Å². The molecule has 2 heterocycles. The van der Waals surface area contributed by atoms with Crippen LogP contribution in [0.25, 0.3) is 0 Å². The van der Waals surface area contributed by atoms with Gasteiger partial charge in [0, 0.05) is 37.9 Å². The third-order valence-corrected chi connectivity index (χ3v) is 6.72. The molecule has 8 heteroatoms. The van der Waals surface area contributed by atoms with Crippen molar-refractivity contribution in [2.75, 3.05) is 56.2 Å². The number of sulfone groups is 1. The normalized spacial score (nSPS) is 22.9. The van der Waals surface area contributed by atoms with Crippen molar-refractivity contribution in [3.63, 3.8) is 0 Å². The first kappa shape index (κ1) is 19.1. The molecule has 0 bridgehead atoms. The van der Waals surface area contributed by atoms with Crippen LogP contribution in [-0.2, 0) is 14.6 Å². The summed E-state index contributed by atoms with van der Waals surface area (Å²) in [5, 5.41) is 2.91. The van der Waals surface area contributed by atoms with Gasteiger partial charge in [-0.05, 0) is 25.5 Å². The van der Waals surface area contributed by atoms with Gasteiger partial charge >= 0.3 is 6.03 Å². The topological polar surface area (TPSA) is 79.0 Å². The van der Waals surface area contributed by atoms with Crippen LogP contribution in [-0.4, -0.2) is 81.2 Å². The molecule has 7 nitrogen and oxygen atoms in total. The number of rotatable bonds is 5. The van der Waals surface area contributed by atoms with Gasteiger partial charge in [0.25, 0.3) is 0 Å². The maximum atomic E-state index is 12.8. The molecule has 0 aromatic heterocycles. The van der Waals surface area contributed by atoms with Crippen LogP contribution in [0, 0.1) is 6.92 Å². The average Bonchev–Trinajstić information content (AvgIpc) is 2.98. The molecule has 2 fully saturated rings. The summed E-state index contributed by atoms with van der Waals surface area (Å²) >= 11 is 0. The molecule has 1 aromatic carbocycles. The summed E-state index contributed by atoms with van der Waals surface area (Å²) < 4.78 is 29.1. The molecule has 2 aliphatic heterocycles. The maximum absolute atomic E-state index is 12.8. The average molecular weight is 381 g/mol. The molecule has 1 atom stereocenters. The second-order valence-electron chi connectivity index (χ2n) is 7.00. The van der Waals surface area contributed by atoms with Crippen molar-refractivity contribution >= 4 is 21.6 Å². The van der Waals surface area contributed by atoms with E-state index in [1.54, 1.807) is 4.90 Å². The second kappa shape index (κ2) is 8.37. The first-order chi connectivity index (χ1) is 12.4. The zero-order valence-electron chi connectivity index (χ0n) is 15.2. The van der Waals surface area contributed by atoms with Crippen molar-refractivity contribution in [2.24, 2.45) is 0 Å². The highest BCUT2D eigenvalue weighted by Crippen LogP contribution is 2.19. The molecule has 26 heavy (non-hydrogen) atoms. The molecule has 1 N–H and O–H groups in total. The zero-order valence-corrected chi connectivity index (χ0v) is 16.0. The minimum absolute atomic E-state index is 0.0530. The number of nitrogens with zero attached hydrogens (tertiary/aromatic N) is 2. The molecular weight excluding hydrogens is 354 g/mol. The molecule has 2 saturated heterocycles. The van der Waals surface area contributed by atoms with E-state index in [9.17, 15) is 13.2 Å². The third-order valence-electron chi connectivity index (χ3n) is 4.97. The Balaban J connectivity index is 1.66. The Hall–Kier alpha value is -1.64. The van der Waals surface area contributed by atoms with E-state index in [2.05, 4.69) is 10.2 Å². The molecule has 1 aromatic rings. The van der Waals surface area contributed by atoms with E-state index in [4.69, 9.17) is 4.74 Å². The lowest BCUT2D eigenvalue weighted by molar-refractivity contribution is 0.0340. The Bertz CT molecular complexity index is 714. The molecule has 0 aliphatic carbocycles. The van der Waals surface area contributed by atoms with Crippen molar-refractivity contribution in [1.29, 1.82) is 0 Å². The van der Waals surface area contributed by atoms with Gasteiger partial charge in [-0.1, -0.05) is 17.7 Å². The fourth-order valence-electron chi connectivity index (χ4n) is 3.38. The van der Waals surface area contributed by atoms with Crippen molar-refractivity contribution < 1.29 is 17.9 Å². The van der Waals surface area contributed by atoms with Gasteiger partial charge in [0.05, 0.1) is 24.7 Å². The number of nitrogens with one attached hydrogen (secondary N) is 1. The minimum Gasteiger partial charge on any atom is -0.379 e. The highest BCUT2D eigenvalue weighted by atomic mass is 32.2. The molecule has 2 amide bonds. The first-order valence-electron chi connectivity index (χ1n) is 9.08. The summed E-state index contributed by atoms with van der Waals surface area (Å²) in [6.45, 7) is 6.32. The summed E-state index contributed by atoms with van der Waals surface area (Å²) in [7, 11) is -3.05. The van der Waals surface area contributed by atoms with E-state index >= 15 is 0 Å². The lowest BCUT2D eigenvalue weighted by atomic mass is 10.2. The Morgan fingerprint density at radius 2 is 1.96 bits per heavy atom. The third kappa shape index (κ3) is 5.18. The van der Waals surface area contributed by atoms with E-state index in [0.717, 1.165) is 30.9 Å². The van der Waals surface area contributed by atoms with Gasteiger partial charge < -0.3 is 15.0 Å².